The maximum absolute atomic E-state index is 6.45. The van der Waals surface area contributed by atoms with Gasteiger partial charge in [-0.1, -0.05) is 24.3 Å². The number of rotatable bonds is 2. The first-order valence-corrected chi connectivity index (χ1v) is 6.58. The smallest absolute Gasteiger partial charge is 0.125 e. The van der Waals surface area contributed by atoms with Gasteiger partial charge in [0.05, 0.1) is 6.04 Å². The lowest BCUT2D eigenvalue weighted by Crippen LogP contribution is -2.26. The minimum atomic E-state index is -0.00792. The van der Waals surface area contributed by atoms with Crippen molar-refractivity contribution in [2.75, 3.05) is 0 Å². The third-order valence-electron chi connectivity index (χ3n) is 4.01. The third-order valence-corrected chi connectivity index (χ3v) is 4.01. The summed E-state index contributed by atoms with van der Waals surface area (Å²) in [7, 11) is 2.01. The molecule has 2 aromatic rings. The summed E-state index contributed by atoms with van der Waals surface area (Å²) in [5.41, 5.74) is 9.32. The van der Waals surface area contributed by atoms with Crippen LogP contribution in [0.1, 0.15) is 41.8 Å². The van der Waals surface area contributed by atoms with Gasteiger partial charge < -0.3 is 10.3 Å². The lowest BCUT2D eigenvalue weighted by atomic mass is 9.79. The van der Waals surface area contributed by atoms with Crippen LogP contribution in [0.15, 0.2) is 36.7 Å². The molecular formula is C15H19N3. The van der Waals surface area contributed by atoms with E-state index in [4.69, 9.17) is 5.73 Å². The quantitative estimate of drug-likeness (QED) is 0.878. The van der Waals surface area contributed by atoms with Crippen molar-refractivity contribution in [3.63, 3.8) is 0 Å². The number of nitrogens with two attached hydrogens (primary N) is 1. The molecule has 0 fully saturated rings. The number of benzene rings is 1. The number of imidazole rings is 1. The summed E-state index contributed by atoms with van der Waals surface area (Å²) in [5.74, 6) is 1.38. The lowest BCUT2D eigenvalue weighted by molar-refractivity contribution is 0.451. The molecule has 1 heterocycles. The van der Waals surface area contributed by atoms with Gasteiger partial charge in [0.2, 0.25) is 0 Å². The molecule has 2 atom stereocenters. The summed E-state index contributed by atoms with van der Waals surface area (Å²) in [4.78, 5) is 4.40. The number of aromatic nitrogens is 2. The Bertz CT molecular complexity index is 544. The van der Waals surface area contributed by atoms with Crippen LogP contribution in [-0.2, 0) is 13.5 Å². The Labute approximate surface area is 108 Å². The fraction of sp³-hybridized carbons (Fsp3) is 0.400. The summed E-state index contributed by atoms with van der Waals surface area (Å²) >= 11 is 0. The van der Waals surface area contributed by atoms with Crippen LogP contribution in [0.3, 0.4) is 0 Å². The second-order valence-corrected chi connectivity index (χ2v) is 5.12. The van der Waals surface area contributed by atoms with Crippen LogP contribution in [0.2, 0.25) is 0 Å². The first-order chi connectivity index (χ1) is 8.77. The third kappa shape index (κ3) is 1.85. The highest BCUT2D eigenvalue weighted by atomic mass is 15.1. The maximum Gasteiger partial charge on any atom is 0.125 e. The van der Waals surface area contributed by atoms with E-state index < -0.39 is 0 Å². The molecule has 2 N–H and O–H groups in total. The molecule has 2 unspecified atom stereocenters. The molecule has 1 aromatic heterocycles. The van der Waals surface area contributed by atoms with Crippen molar-refractivity contribution in [2.24, 2.45) is 12.8 Å². The van der Waals surface area contributed by atoms with Gasteiger partial charge in [0.15, 0.2) is 0 Å². The van der Waals surface area contributed by atoms with Gasteiger partial charge in [0, 0.05) is 25.4 Å². The van der Waals surface area contributed by atoms with Crippen LogP contribution < -0.4 is 5.73 Å². The van der Waals surface area contributed by atoms with Crippen LogP contribution in [0.4, 0.5) is 0 Å². The van der Waals surface area contributed by atoms with E-state index in [1.807, 2.05) is 24.0 Å². The number of hydrogen-bond donors (Lipinski definition) is 1. The highest BCUT2D eigenvalue weighted by molar-refractivity contribution is 5.34. The number of aryl methyl sites for hydroxylation is 2. The average Bonchev–Trinajstić information content (AvgIpc) is 2.83. The molecule has 0 radical (unpaired) electrons. The van der Waals surface area contributed by atoms with E-state index in [0.29, 0.717) is 5.92 Å². The Kier molecular flexibility index (Phi) is 2.92. The van der Waals surface area contributed by atoms with E-state index in [9.17, 15) is 0 Å². The Morgan fingerprint density at radius 1 is 1.39 bits per heavy atom. The normalized spacial score (nSPS) is 20.4. The summed E-state index contributed by atoms with van der Waals surface area (Å²) in [6.45, 7) is 0. The first-order valence-electron chi connectivity index (χ1n) is 6.58. The molecule has 0 spiro atoms. The van der Waals surface area contributed by atoms with Gasteiger partial charge in [0.1, 0.15) is 5.82 Å². The molecule has 3 nitrogen and oxygen atoms in total. The SMILES string of the molecule is Cn1ccnc1C(N)C1CCCc2ccccc21. The topological polar surface area (TPSA) is 43.8 Å². The van der Waals surface area contributed by atoms with Crippen LogP contribution in [-0.4, -0.2) is 9.55 Å². The summed E-state index contributed by atoms with van der Waals surface area (Å²) < 4.78 is 2.03. The van der Waals surface area contributed by atoms with Gasteiger partial charge in [-0.2, -0.15) is 0 Å². The van der Waals surface area contributed by atoms with E-state index in [2.05, 4.69) is 29.2 Å². The van der Waals surface area contributed by atoms with E-state index >= 15 is 0 Å². The molecule has 3 rings (SSSR count). The van der Waals surface area contributed by atoms with Crippen molar-refractivity contribution in [1.82, 2.24) is 9.55 Å². The van der Waals surface area contributed by atoms with Crippen LogP contribution in [0.5, 0.6) is 0 Å². The summed E-state index contributed by atoms with van der Waals surface area (Å²) in [5, 5.41) is 0. The zero-order valence-corrected chi connectivity index (χ0v) is 10.7. The van der Waals surface area contributed by atoms with Gasteiger partial charge in [-0.3, -0.25) is 0 Å². The van der Waals surface area contributed by atoms with Crippen molar-refractivity contribution in [1.29, 1.82) is 0 Å². The van der Waals surface area contributed by atoms with Crippen LogP contribution >= 0.6 is 0 Å². The predicted octanol–water partition coefficient (Wildman–Crippen LogP) is 2.54. The predicted molar refractivity (Wildman–Crippen MR) is 72.3 cm³/mol. The largest absolute Gasteiger partial charge is 0.337 e. The van der Waals surface area contributed by atoms with Crippen LogP contribution in [0.25, 0.3) is 0 Å². The molecular weight excluding hydrogens is 222 g/mol. The fourth-order valence-electron chi connectivity index (χ4n) is 3.04. The molecule has 1 aromatic carbocycles. The molecule has 0 amide bonds. The molecule has 94 valence electrons. The fourth-order valence-corrected chi connectivity index (χ4v) is 3.04. The molecule has 0 bridgehead atoms. The molecule has 3 heteroatoms. The lowest BCUT2D eigenvalue weighted by Gasteiger charge is -2.29. The molecule has 0 saturated carbocycles. The van der Waals surface area contributed by atoms with Crippen molar-refractivity contribution in [2.45, 2.75) is 31.2 Å². The van der Waals surface area contributed by atoms with Gasteiger partial charge in [0.25, 0.3) is 0 Å². The highest BCUT2D eigenvalue weighted by Crippen LogP contribution is 2.38. The number of hydrogen-bond acceptors (Lipinski definition) is 2. The molecule has 1 aliphatic carbocycles. The summed E-state index contributed by atoms with van der Waals surface area (Å²) in [6, 6.07) is 8.68. The monoisotopic (exact) mass is 241 g/mol. The van der Waals surface area contributed by atoms with Crippen molar-refractivity contribution in [3.8, 4) is 0 Å². The van der Waals surface area contributed by atoms with Crippen molar-refractivity contribution < 1.29 is 0 Å². The first kappa shape index (κ1) is 11.5. The zero-order valence-electron chi connectivity index (χ0n) is 10.7. The van der Waals surface area contributed by atoms with E-state index in [1.54, 1.807) is 0 Å². The maximum atomic E-state index is 6.45. The Morgan fingerprint density at radius 3 is 3.00 bits per heavy atom. The second-order valence-electron chi connectivity index (χ2n) is 5.12. The van der Waals surface area contributed by atoms with Gasteiger partial charge >= 0.3 is 0 Å². The van der Waals surface area contributed by atoms with E-state index in [1.165, 1.54) is 24.0 Å². The molecule has 1 aliphatic rings. The van der Waals surface area contributed by atoms with Crippen LogP contribution in [0, 0.1) is 0 Å². The molecule has 18 heavy (non-hydrogen) atoms. The molecule has 0 aliphatic heterocycles. The molecule has 0 saturated heterocycles. The highest BCUT2D eigenvalue weighted by Gasteiger charge is 2.28. The second kappa shape index (κ2) is 4.58. The zero-order chi connectivity index (χ0) is 12.5. The van der Waals surface area contributed by atoms with Gasteiger partial charge in [-0.25, -0.2) is 4.98 Å². The Morgan fingerprint density at radius 2 is 2.22 bits per heavy atom. The minimum absolute atomic E-state index is 0.00792. The Balaban J connectivity index is 1.97. The van der Waals surface area contributed by atoms with E-state index in [0.717, 1.165) is 12.2 Å². The minimum Gasteiger partial charge on any atom is -0.337 e. The summed E-state index contributed by atoms with van der Waals surface area (Å²) in [6.07, 6.45) is 7.35. The number of nitrogens with zero attached hydrogens (tertiary/aromatic N) is 2. The average molecular weight is 241 g/mol. The van der Waals surface area contributed by atoms with Crippen molar-refractivity contribution in [3.05, 3.63) is 53.6 Å². The van der Waals surface area contributed by atoms with Gasteiger partial charge in [-0.15, -0.1) is 0 Å². The van der Waals surface area contributed by atoms with Crippen molar-refractivity contribution >= 4 is 0 Å². The standard InChI is InChI=1S/C15H19N3/c1-18-10-9-17-15(18)14(16)13-8-4-6-11-5-2-3-7-12(11)13/h2-3,5,7,9-10,13-14H,4,6,8,16H2,1H3. The van der Waals surface area contributed by atoms with E-state index in [-0.39, 0.29) is 6.04 Å². The Hall–Kier alpha value is -1.61. The van der Waals surface area contributed by atoms with Gasteiger partial charge in [-0.05, 0) is 30.4 Å². The number of fused-ring (bicyclic) bond motifs is 1.